The molecule has 1 aromatic rings. The zero-order chi connectivity index (χ0) is 17.1. The second-order valence-corrected chi connectivity index (χ2v) is 8.58. The molecule has 4 nitrogen and oxygen atoms in total. The zero-order valence-corrected chi connectivity index (χ0v) is 14.8. The highest BCUT2D eigenvalue weighted by Gasteiger charge is 2.53. The van der Waals surface area contributed by atoms with Gasteiger partial charge in [0.2, 0.25) is 0 Å². The quantitative estimate of drug-likeness (QED) is 0.850. The van der Waals surface area contributed by atoms with Gasteiger partial charge in [-0.05, 0) is 82.5 Å². The van der Waals surface area contributed by atoms with Crippen LogP contribution in [-0.2, 0) is 0 Å². The van der Waals surface area contributed by atoms with Gasteiger partial charge in [0.25, 0.3) is 0 Å². The van der Waals surface area contributed by atoms with E-state index in [1.165, 1.54) is 44.6 Å². The molecule has 1 atom stereocenters. The fourth-order valence-electron chi connectivity index (χ4n) is 6.11. The van der Waals surface area contributed by atoms with Crippen LogP contribution in [0.1, 0.15) is 63.7 Å². The summed E-state index contributed by atoms with van der Waals surface area (Å²) in [4.78, 5) is 17.0. The lowest BCUT2D eigenvalue weighted by molar-refractivity contribution is -0.0633. The molecule has 4 aliphatic rings. The van der Waals surface area contributed by atoms with E-state index in [1.54, 1.807) is 6.92 Å². The molecular formula is C20H27NO3. The van der Waals surface area contributed by atoms with Crippen LogP contribution in [0, 0.1) is 30.1 Å². The summed E-state index contributed by atoms with van der Waals surface area (Å²) in [7, 11) is 0. The van der Waals surface area contributed by atoms with Crippen LogP contribution in [-0.4, -0.2) is 16.9 Å². The fourth-order valence-corrected chi connectivity index (χ4v) is 6.11. The summed E-state index contributed by atoms with van der Waals surface area (Å²) in [6, 6.07) is 1.68. The van der Waals surface area contributed by atoms with E-state index in [9.17, 15) is 9.90 Å². The van der Waals surface area contributed by atoms with Crippen LogP contribution in [0.15, 0.2) is 20.3 Å². The third-order valence-electron chi connectivity index (χ3n) is 6.77. The van der Waals surface area contributed by atoms with Crippen LogP contribution in [0.4, 0.5) is 0 Å². The van der Waals surface area contributed by atoms with Gasteiger partial charge in [-0.15, -0.1) is 0 Å². The third kappa shape index (κ3) is 2.51. The lowest BCUT2D eigenvalue weighted by Crippen LogP contribution is -2.50. The lowest BCUT2D eigenvalue weighted by atomic mass is 9.48. The number of nitrogens with zero attached hydrogens (tertiary/aromatic N) is 1. The van der Waals surface area contributed by atoms with E-state index >= 15 is 0 Å². The van der Waals surface area contributed by atoms with Crippen molar-refractivity contribution in [2.75, 3.05) is 0 Å². The number of aliphatic imine (C=N–C) groups is 1. The van der Waals surface area contributed by atoms with Crippen molar-refractivity contribution in [3.8, 4) is 5.75 Å². The molecule has 0 unspecified atom stereocenters. The van der Waals surface area contributed by atoms with E-state index in [1.807, 2.05) is 6.92 Å². The summed E-state index contributed by atoms with van der Waals surface area (Å²) < 4.78 is 5.14. The van der Waals surface area contributed by atoms with E-state index in [0.717, 1.165) is 17.8 Å². The highest BCUT2D eigenvalue weighted by Crippen LogP contribution is 2.61. The van der Waals surface area contributed by atoms with Crippen molar-refractivity contribution in [2.45, 2.75) is 65.3 Å². The minimum atomic E-state index is -0.494. The van der Waals surface area contributed by atoms with Gasteiger partial charge in [0, 0.05) is 6.07 Å². The molecule has 4 bridgehead atoms. The molecule has 130 valence electrons. The minimum Gasteiger partial charge on any atom is -0.507 e. The van der Waals surface area contributed by atoms with Gasteiger partial charge in [-0.25, -0.2) is 4.79 Å². The fraction of sp³-hybridized carbons (Fsp3) is 0.700. The van der Waals surface area contributed by atoms with Crippen molar-refractivity contribution in [1.29, 1.82) is 0 Å². The minimum absolute atomic E-state index is 0.0253. The van der Waals surface area contributed by atoms with E-state index in [0.29, 0.717) is 16.9 Å². The molecule has 0 aromatic carbocycles. The highest BCUT2D eigenvalue weighted by molar-refractivity contribution is 6.00. The lowest BCUT2D eigenvalue weighted by Gasteiger charge is -2.58. The SMILES string of the molecule is CC(=N[C@@H](C)C12CC3CC(CC(C3)C1)C2)c1c(O)cc(C)oc1=O. The van der Waals surface area contributed by atoms with E-state index in [4.69, 9.17) is 9.41 Å². The molecular weight excluding hydrogens is 302 g/mol. The predicted molar refractivity (Wildman–Crippen MR) is 93.7 cm³/mol. The summed E-state index contributed by atoms with van der Waals surface area (Å²) >= 11 is 0. The van der Waals surface area contributed by atoms with Crippen molar-refractivity contribution in [1.82, 2.24) is 0 Å². The van der Waals surface area contributed by atoms with Gasteiger partial charge in [-0.2, -0.15) is 0 Å². The van der Waals surface area contributed by atoms with Gasteiger partial charge in [-0.3, -0.25) is 4.99 Å². The molecule has 1 heterocycles. The molecule has 1 N–H and O–H groups in total. The molecule has 4 fully saturated rings. The molecule has 0 saturated heterocycles. The Kier molecular flexibility index (Phi) is 3.63. The first kappa shape index (κ1) is 15.9. The molecule has 1 aromatic heterocycles. The monoisotopic (exact) mass is 329 g/mol. The summed E-state index contributed by atoms with van der Waals surface area (Å²) in [5.74, 6) is 3.04. The maximum atomic E-state index is 12.1. The molecule has 4 aliphatic carbocycles. The Labute approximate surface area is 143 Å². The van der Waals surface area contributed by atoms with Crippen LogP contribution in [0.5, 0.6) is 5.75 Å². The van der Waals surface area contributed by atoms with Crippen molar-refractivity contribution < 1.29 is 9.52 Å². The molecule has 4 saturated carbocycles. The molecule has 4 heteroatoms. The normalized spacial score (nSPS) is 36.1. The molecule has 5 rings (SSSR count). The van der Waals surface area contributed by atoms with Crippen LogP contribution in [0.3, 0.4) is 0 Å². The first-order chi connectivity index (χ1) is 11.4. The second-order valence-electron chi connectivity index (χ2n) is 8.58. The van der Waals surface area contributed by atoms with Gasteiger partial charge in [0.15, 0.2) is 0 Å². The first-order valence-corrected chi connectivity index (χ1v) is 9.25. The predicted octanol–water partition coefficient (Wildman–Crippen LogP) is 4.07. The van der Waals surface area contributed by atoms with Crippen molar-refractivity contribution in [2.24, 2.45) is 28.2 Å². The third-order valence-corrected chi connectivity index (χ3v) is 6.77. The smallest absolute Gasteiger partial charge is 0.348 e. The Morgan fingerprint density at radius 1 is 1.25 bits per heavy atom. The zero-order valence-electron chi connectivity index (χ0n) is 14.8. The van der Waals surface area contributed by atoms with Crippen LogP contribution in [0.2, 0.25) is 0 Å². The Morgan fingerprint density at radius 2 is 1.79 bits per heavy atom. The topological polar surface area (TPSA) is 62.8 Å². The van der Waals surface area contributed by atoms with Crippen LogP contribution in [0.25, 0.3) is 0 Å². The highest BCUT2D eigenvalue weighted by atomic mass is 16.4. The Bertz CT molecular complexity index is 710. The second kappa shape index (κ2) is 5.47. The Morgan fingerprint density at radius 3 is 2.29 bits per heavy atom. The van der Waals surface area contributed by atoms with E-state index in [-0.39, 0.29) is 17.4 Å². The standard InChI is InChI=1S/C20H27NO3/c1-11-4-17(22)18(19(23)24-11)12(2)21-13(3)20-8-14-5-15(9-20)7-16(6-14)10-20/h4,13-16,22H,5-10H2,1-3H3/t13-,14?,15?,16?,20?/m0/s1. The Balaban J connectivity index is 1.65. The first-order valence-electron chi connectivity index (χ1n) is 9.25. The maximum absolute atomic E-state index is 12.1. The van der Waals surface area contributed by atoms with Gasteiger partial charge in [0.1, 0.15) is 17.1 Å². The van der Waals surface area contributed by atoms with Gasteiger partial charge >= 0.3 is 5.63 Å². The maximum Gasteiger partial charge on any atom is 0.348 e. The average Bonchev–Trinajstić information content (AvgIpc) is 2.44. The molecule has 0 spiro atoms. The molecule has 0 amide bonds. The molecule has 0 aliphatic heterocycles. The number of hydrogen-bond acceptors (Lipinski definition) is 4. The van der Waals surface area contributed by atoms with Gasteiger partial charge in [0.05, 0.1) is 11.8 Å². The number of aryl methyl sites for hydroxylation is 1. The Hall–Kier alpha value is -1.58. The van der Waals surface area contributed by atoms with Crippen molar-refractivity contribution in [3.63, 3.8) is 0 Å². The molecule has 24 heavy (non-hydrogen) atoms. The van der Waals surface area contributed by atoms with E-state index in [2.05, 4.69) is 6.92 Å². The van der Waals surface area contributed by atoms with E-state index < -0.39 is 5.63 Å². The van der Waals surface area contributed by atoms with Crippen molar-refractivity contribution in [3.05, 3.63) is 27.8 Å². The average molecular weight is 329 g/mol. The van der Waals surface area contributed by atoms with Gasteiger partial charge in [-0.1, -0.05) is 0 Å². The number of rotatable bonds is 3. The summed E-state index contributed by atoms with van der Waals surface area (Å²) in [5.41, 5.74) is 0.629. The largest absolute Gasteiger partial charge is 0.507 e. The van der Waals surface area contributed by atoms with Crippen molar-refractivity contribution >= 4 is 5.71 Å². The number of hydrogen-bond donors (Lipinski definition) is 1. The summed E-state index contributed by atoms with van der Waals surface area (Å²) in [5, 5.41) is 10.1. The van der Waals surface area contributed by atoms with Crippen LogP contribution < -0.4 is 5.63 Å². The van der Waals surface area contributed by atoms with Gasteiger partial charge < -0.3 is 9.52 Å². The number of aromatic hydroxyl groups is 1. The molecule has 0 radical (unpaired) electrons. The van der Waals surface area contributed by atoms with Crippen LogP contribution >= 0.6 is 0 Å². The summed E-state index contributed by atoms with van der Waals surface area (Å²) in [6.07, 6.45) is 8.09. The summed E-state index contributed by atoms with van der Waals surface area (Å²) in [6.45, 7) is 5.68.